The van der Waals surface area contributed by atoms with Crippen molar-refractivity contribution in [2.24, 2.45) is 5.90 Å². The predicted octanol–water partition coefficient (Wildman–Crippen LogP) is 1.62. The number of hydrogen-bond donors (Lipinski definition) is 1. The van der Waals surface area contributed by atoms with E-state index in [9.17, 15) is 0 Å². The zero-order valence-corrected chi connectivity index (χ0v) is 7.40. The highest BCUT2D eigenvalue weighted by atomic mass is 16.6. The normalized spacial score (nSPS) is 15.8. The van der Waals surface area contributed by atoms with Crippen molar-refractivity contribution in [3.8, 4) is 5.75 Å². The number of nitrogens with two attached hydrogens (primary N) is 1. The molecule has 1 aromatic carbocycles. The quantitative estimate of drug-likeness (QED) is 0.714. The second kappa shape index (κ2) is 3.77. The summed E-state index contributed by atoms with van der Waals surface area (Å²) in [6.45, 7) is 0.406. The maximum absolute atomic E-state index is 5.67. The summed E-state index contributed by atoms with van der Waals surface area (Å²) in [7, 11) is 0. The molecule has 0 bridgehead atoms. The van der Waals surface area contributed by atoms with Crippen LogP contribution >= 0.6 is 0 Å². The summed E-state index contributed by atoms with van der Waals surface area (Å²) in [5, 5.41) is 0. The fourth-order valence-electron chi connectivity index (χ4n) is 1.19. The first kappa shape index (κ1) is 8.53. The van der Waals surface area contributed by atoms with Crippen LogP contribution in [0.4, 0.5) is 0 Å². The van der Waals surface area contributed by atoms with Crippen LogP contribution in [0.2, 0.25) is 0 Å². The standard InChI is InChI=1S/C10H13NO2/c11-12-7-8-3-1-2-4-10(8)13-9-5-6-9/h1-4,9H,5-7,11H2. The maximum atomic E-state index is 5.67. The summed E-state index contributed by atoms with van der Waals surface area (Å²) >= 11 is 0. The SMILES string of the molecule is NOCc1ccccc1OC1CC1. The van der Waals surface area contributed by atoms with Crippen LogP contribution in [0, 0.1) is 0 Å². The highest BCUT2D eigenvalue weighted by Gasteiger charge is 2.24. The molecule has 0 atom stereocenters. The molecular formula is C10H13NO2. The van der Waals surface area contributed by atoms with Gasteiger partial charge in [0.1, 0.15) is 5.75 Å². The topological polar surface area (TPSA) is 44.5 Å². The highest BCUT2D eigenvalue weighted by Crippen LogP contribution is 2.29. The summed E-state index contributed by atoms with van der Waals surface area (Å²) in [4.78, 5) is 4.59. The highest BCUT2D eigenvalue weighted by molar-refractivity contribution is 5.33. The minimum atomic E-state index is 0.406. The molecule has 0 saturated heterocycles. The van der Waals surface area contributed by atoms with E-state index in [0.717, 1.165) is 24.2 Å². The number of para-hydroxylation sites is 1. The minimum Gasteiger partial charge on any atom is -0.490 e. The first-order valence-corrected chi connectivity index (χ1v) is 4.46. The van der Waals surface area contributed by atoms with Gasteiger partial charge in [0, 0.05) is 5.56 Å². The third-order valence-corrected chi connectivity index (χ3v) is 2.03. The third kappa shape index (κ3) is 2.20. The molecule has 3 heteroatoms. The maximum Gasteiger partial charge on any atom is 0.125 e. The van der Waals surface area contributed by atoms with Gasteiger partial charge in [0.25, 0.3) is 0 Å². The van der Waals surface area contributed by atoms with Crippen molar-refractivity contribution >= 4 is 0 Å². The van der Waals surface area contributed by atoms with Crippen LogP contribution in [0.5, 0.6) is 5.75 Å². The van der Waals surface area contributed by atoms with Gasteiger partial charge in [0.05, 0.1) is 12.7 Å². The second-order valence-electron chi connectivity index (χ2n) is 3.24. The smallest absolute Gasteiger partial charge is 0.125 e. The van der Waals surface area contributed by atoms with Crippen LogP contribution in [0.1, 0.15) is 18.4 Å². The summed E-state index contributed by atoms with van der Waals surface area (Å²) < 4.78 is 5.67. The van der Waals surface area contributed by atoms with Gasteiger partial charge in [-0.1, -0.05) is 18.2 Å². The van der Waals surface area contributed by atoms with Gasteiger partial charge in [-0.2, -0.15) is 0 Å². The van der Waals surface area contributed by atoms with Crippen LogP contribution in [0.25, 0.3) is 0 Å². The Bertz CT molecular complexity index is 284. The molecule has 2 N–H and O–H groups in total. The van der Waals surface area contributed by atoms with Gasteiger partial charge in [0.2, 0.25) is 0 Å². The Balaban J connectivity index is 2.10. The van der Waals surface area contributed by atoms with Gasteiger partial charge in [0.15, 0.2) is 0 Å². The zero-order chi connectivity index (χ0) is 9.10. The Hall–Kier alpha value is -1.06. The van der Waals surface area contributed by atoms with Crippen LogP contribution in [-0.2, 0) is 11.4 Å². The first-order chi connectivity index (χ1) is 6.40. The van der Waals surface area contributed by atoms with Gasteiger partial charge < -0.3 is 4.74 Å². The molecule has 1 saturated carbocycles. The zero-order valence-electron chi connectivity index (χ0n) is 7.40. The van der Waals surface area contributed by atoms with Crippen LogP contribution in [0.3, 0.4) is 0 Å². The van der Waals surface area contributed by atoms with Gasteiger partial charge in [-0.05, 0) is 18.9 Å². The number of benzene rings is 1. The molecule has 0 aromatic heterocycles. The molecule has 3 nitrogen and oxygen atoms in total. The lowest BCUT2D eigenvalue weighted by Gasteiger charge is -2.08. The minimum absolute atomic E-state index is 0.406. The molecule has 0 amide bonds. The molecule has 2 rings (SSSR count). The van der Waals surface area contributed by atoms with Crippen molar-refractivity contribution in [3.05, 3.63) is 29.8 Å². The molecule has 70 valence electrons. The van der Waals surface area contributed by atoms with E-state index in [-0.39, 0.29) is 0 Å². The van der Waals surface area contributed by atoms with E-state index in [0.29, 0.717) is 12.7 Å². The average Bonchev–Trinajstić information content (AvgIpc) is 2.93. The van der Waals surface area contributed by atoms with Gasteiger partial charge in [-0.3, -0.25) is 4.84 Å². The molecule has 0 radical (unpaired) electrons. The van der Waals surface area contributed by atoms with Crippen LogP contribution < -0.4 is 10.6 Å². The van der Waals surface area contributed by atoms with Gasteiger partial charge in [-0.25, -0.2) is 5.90 Å². The molecule has 1 aliphatic carbocycles. The first-order valence-electron chi connectivity index (χ1n) is 4.46. The van der Waals surface area contributed by atoms with Gasteiger partial charge in [-0.15, -0.1) is 0 Å². The van der Waals surface area contributed by atoms with E-state index in [2.05, 4.69) is 4.84 Å². The van der Waals surface area contributed by atoms with E-state index in [4.69, 9.17) is 10.6 Å². The molecule has 0 aliphatic heterocycles. The molecule has 0 spiro atoms. The third-order valence-electron chi connectivity index (χ3n) is 2.03. The Morgan fingerprint density at radius 1 is 1.31 bits per heavy atom. The Morgan fingerprint density at radius 3 is 2.77 bits per heavy atom. The van der Waals surface area contributed by atoms with Crippen molar-refractivity contribution in [2.45, 2.75) is 25.6 Å². The lowest BCUT2D eigenvalue weighted by atomic mass is 10.2. The molecular weight excluding hydrogens is 166 g/mol. The molecule has 1 fully saturated rings. The Morgan fingerprint density at radius 2 is 2.08 bits per heavy atom. The van der Waals surface area contributed by atoms with Crippen molar-refractivity contribution in [1.82, 2.24) is 0 Å². The van der Waals surface area contributed by atoms with Crippen LogP contribution in [0.15, 0.2) is 24.3 Å². The fourth-order valence-corrected chi connectivity index (χ4v) is 1.19. The largest absolute Gasteiger partial charge is 0.490 e. The fraction of sp³-hybridized carbons (Fsp3) is 0.400. The summed E-state index contributed by atoms with van der Waals surface area (Å²) in [6, 6.07) is 7.82. The number of rotatable bonds is 4. The van der Waals surface area contributed by atoms with Gasteiger partial charge >= 0.3 is 0 Å². The van der Waals surface area contributed by atoms with Crippen molar-refractivity contribution < 1.29 is 9.57 Å². The average molecular weight is 179 g/mol. The molecule has 13 heavy (non-hydrogen) atoms. The molecule has 0 heterocycles. The van der Waals surface area contributed by atoms with E-state index in [1.807, 2.05) is 24.3 Å². The van der Waals surface area contributed by atoms with Crippen LogP contribution in [-0.4, -0.2) is 6.10 Å². The summed E-state index contributed by atoms with van der Waals surface area (Å²) in [6.07, 6.45) is 2.74. The Labute approximate surface area is 77.4 Å². The predicted molar refractivity (Wildman–Crippen MR) is 49.1 cm³/mol. The summed E-state index contributed by atoms with van der Waals surface area (Å²) in [5.41, 5.74) is 1.01. The second-order valence-corrected chi connectivity index (χ2v) is 3.24. The van der Waals surface area contributed by atoms with E-state index >= 15 is 0 Å². The van der Waals surface area contributed by atoms with E-state index in [1.165, 1.54) is 0 Å². The number of ether oxygens (including phenoxy) is 1. The van der Waals surface area contributed by atoms with E-state index in [1.54, 1.807) is 0 Å². The molecule has 0 unspecified atom stereocenters. The lowest BCUT2D eigenvalue weighted by Crippen LogP contribution is -2.03. The van der Waals surface area contributed by atoms with Crippen molar-refractivity contribution in [1.29, 1.82) is 0 Å². The number of hydrogen-bond acceptors (Lipinski definition) is 3. The molecule has 1 aliphatic rings. The summed E-state index contributed by atoms with van der Waals surface area (Å²) in [5.74, 6) is 5.92. The van der Waals surface area contributed by atoms with E-state index < -0.39 is 0 Å². The lowest BCUT2D eigenvalue weighted by molar-refractivity contribution is 0.121. The van der Waals surface area contributed by atoms with Crippen molar-refractivity contribution in [3.63, 3.8) is 0 Å². The monoisotopic (exact) mass is 179 g/mol. The molecule has 1 aromatic rings. The Kier molecular flexibility index (Phi) is 2.47. The van der Waals surface area contributed by atoms with Crippen molar-refractivity contribution in [2.75, 3.05) is 0 Å².